The summed E-state index contributed by atoms with van der Waals surface area (Å²) < 4.78 is 5.10. The normalized spacial score (nSPS) is 16.5. The molecule has 198 valence electrons. The topological polar surface area (TPSA) is 129 Å². The number of ether oxygens (including phenoxy) is 1. The van der Waals surface area contributed by atoms with Crippen LogP contribution in [0.25, 0.3) is 11.1 Å². The molecule has 3 atom stereocenters. The Balaban J connectivity index is 1.35. The highest BCUT2D eigenvalue weighted by molar-refractivity contribution is 5.97. The molecule has 9 heteroatoms. The summed E-state index contributed by atoms with van der Waals surface area (Å²) in [5, 5.41) is 23.5. The van der Waals surface area contributed by atoms with Gasteiger partial charge in [0.2, 0.25) is 0 Å². The van der Waals surface area contributed by atoms with Crippen LogP contribution < -0.4 is 5.32 Å². The molecular formula is C29H31N3O6. The lowest BCUT2D eigenvalue weighted by molar-refractivity contribution is -0.153. The molecule has 2 heterocycles. The van der Waals surface area contributed by atoms with Crippen molar-refractivity contribution >= 4 is 17.8 Å². The Kier molecular flexibility index (Phi) is 8.83. The number of pyridine rings is 1. The lowest BCUT2D eigenvalue weighted by atomic mass is 10.0. The number of carbonyl (C=O) groups is 3. The lowest BCUT2D eigenvalue weighted by Gasteiger charge is -2.28. The van der Waals surface area contributed by atoms with Gasteiger partial charge >= 0.3 is 5.97 Å². The number of amides is 2. The molecule has 2 aromatic carbocycles. The molecule has 9 nitrogen and oxygen atoms in total. The van der Waals surface area contributed by atoms with Crippen LogP contribution in [0, 0.1) is 0 Å². The number of nitrogens with one attached hydrogen (secondary N) is 1. The third kappa shape index (κ3) is 6.07. The maximum Gasteiger partial charge on any atom is 0.340 e. The zero-order chi connectivity index (χ0) is 27.1. The average Bonchev–Trinajstić information content (AvgIpc) is 3.46. The van der Waals surface area contributed by atoms with Crippen molar-refractivity contribution in [2.45, 2.75) is 44.6 Å². The van der Waals surface area contributed by atoms with E-state index in [1.807, 2.05) is 30.3 Å². The van der Waals surface area contributed by atoms with Gasteiger partial charge in [-0.2, -0.15) is 0 Å². The van der Waals surface area contributed by atoms with Gasteiger partial charge in [-0.15, -0.1) is 0 Å². The minimum Gasteiger partial charge on any atom is -0.462 e. The van der Waals surface area contributed by atoms with Gasteiger partial charge in [-0.3, -0.25) is 14.6 Å². The molecule has 1 aliphatic rings. The summed E-state index contributed by atoms with van der Waals surface area (Å²) >= 11 is 0. The van der Waals surface area contributed by atoms with Crippen LogP contribution in [-0.2, 0) is 20.9 Å². The van der Waals surface area contributed by atoms with Crippen LogP contribution in [0.1, 0.15) is 47.3 Å². The van der Waals surface area contributed by atoms with E-state index >= 15 is 0 Å². The second-order valence-corrected chi connectivity index (χ2v) is 9.05. The summed E-state index contributed by atoms with van der Waals surface area (Å²) in [4.78, 5) is 43.3. The number of benzene rings is 2. The van der Waals surface area contributed by atoms with Crippen molar-refractivity contribution in [3.05, 3.63) is 89.7 Å². The minimum absolute atomic E-state index is 0.0779. The highest BCUT2D eigenvalue weighted by atomic mass is 16.5. The summed E-state index contributed by atoms with van der Waals surface area (Å²) in [5.41, 5.74) is 3.47. The van der Waals surface area contributed by atoms with E-state index in [1.165, 1.54) is 11.1 Å². The number of nitrogens with zero attached hydrogens (tertiary/aromatic N) is 2. The van der Waals surface area contributed by atoms with Crippen molar-refractivity contribution < 1.29 is 29.3 Å². The molecular weight excluding hydrogens is 486 g/mol. The van der Waals surface area contributed by atoms with Gasteiger partial charge in [0.25, 0.3) is 11.8 Å². The third-order valence-corrected chi connectivity index (χ3v) is 6.59. The Morgan fingerprint density at radius 1 is 1.05 bits per heavy atom. The third-order valence-electron chi connectivity index (χ3n) is 6.59. The molecule has 1 fully saturated rings. The number of likely N-dealkylation sites (tertiary alicyclic amines) is 1. The van der Waals surface area contributed by atoms with Crippen LogP contribution in [0.2, 0.25) is 0 Å². The molecule has 1 aromatic heterocycles. The van der Waals surface area contributed by atoms with Gasteiger partial charge in [-0.1, -0.05) is 54.6 Å². The minimum atomic E-state index is -1.90. The SMILES string of the molecule is CCOC(=O)c1cnccc1-c1ccc(CNC(=O)[C@H](O)[C@@H](O)C(=O)N2CCC[C@@H]2c2ccccc2)cc1. The second kappa shape index (κ2) is 12.4. The van der Waals surface area contributed by atoms with Crippen molar-refractivity contribution in [3.8, 4) is 11.1 Å². The van der Waals surface area contributed by atoms with E-state index in [-0.39, 0.29) is 19.2 Å². The van der Waals surface area contributed by atoms with E-state index in [2.05, 4.69) is 10.3 Å². The van der Waals surface area contributed by atoms with Crippen LogP contribution >= 0.6 is 0 Å². The van der Waals surface area contributed by atoms with Crippen LogP contribution in [0.3, 0.4) is 0 Å². The van der Waals surface area contributed by atoms with Gasteiger partial charge in [0.15, 0.2) is 12.2 Å². The van der Waals surface area contributed by atoms with E-state index in [1.54, 1.807) is 43.5 Å². The summed E-state index contributed by atoms with van der Waals surface area (Å²) in [5.74, 6) is -1.97. The maximum atomic E-state index is 12.9. The largest absolute Gasteiger partial charge is 0.462 e. The summed E-state index contributed by atoms with van der Waals surface area (Å²) in [7, 11) is 0. The Labute approximate surface area is 221 Å². The highest BCUT2D eigenvalue weighted by Gasteiger charge is 2.38. The van der Waals surface area contributed by atoms with Crippen LogP contribution in [-0.4, -0.2) is 63.2 Å². The first-order valence-electron chi connectivity index (χ1n) is 12.6. The molecule has 1 saturated heterocycles. The Hall–Kier alpha value is -4.08. The molecule has 3 N–H and O–H groups in total. The summed E-state index contributed by atoms with van der Waals surface area (Å²) in [6.45, 7) is 2.51. The van der Waals surface area contributed by atoms with Gasteiger partial charge < -0.3 is 25.2 Å². The Morgan fingerprint density at radius 3 is 2.50 bits per heavy atom. The van der Waals surface area contributed by atoms with Crippen molar-refractivity contribution in [2.24, 2.45) is 0 Å². The van der Waals surface area contributed by atoms with Crippen molar-refractivity contribution in [1.29, 1.82) is 0 Å². The predicted molar refractivity (Wildman–Crippen MR) is 140 cm³/mol. The van der Waals surface area contributed by atoms with E-state index in [9.17, 15) is 24.6 Å². The Bertz CT molecular complexity index is 1260. The van der Waals surface area contributed by atoms with Gasteiger partial charge in [0, 0.05) is 25.5 Å². The molecule has 4 rings (SSSR count). The molecule has 0 saturated carbocycles. The smallest absolute Gasteiger partial charge is 0.340 e. The fourth-order valence-electron chi connectivity index (χ4n) is 4.61. The summed E-state index contributed by atoms with van der Waals surface area (Å²) in [6.07, 6.45) is 0.806. The van der Waals surface area contributed by atoms with Gasteiger partial charge in [0.05, 0.1) is 18.2 Å². The van der Waals surface area contributed by atoms with E-state index < -0.39 is 30.0 Å². The zero-order valence-corrected chi connectivity index (χ0v) is 21.1. The number of esters is 1. The van der Waals surface area contributed by atoms with Crippen molar-refractivity contribution in [1.82, 2.24) is 15.2 Å². The number of hydrogen-bond acceptors (Lipinski definition) is 7. The zero-order valence-electron chi connectivity index (χ0n) is 21.1. The number of aliphatic hydroxyl groups excluding tert-OH is 2. The van der Waals surface area contributed by atoms with E-state index in [0.717, 1.165) is 29.5 Å². The van der Waals surface area contributed by atoms with Crippen molar-refractivity contribution in [2.75, 3.05) is 13.2 Å². The number of hydrogen-bond donors (Lipinski definition) is 3. The number of carbonyl (C=O) groups excluding carboxylic acids is 3. The molecule has 38 heavy (non-hydrogen) atoms. The molecule has 0 bridgehead atoms. The van der Waals surface area contributed by atoms with Gasteiger partial charge in [-0.05, 0) is 48.1 Å². The predicted octanol–water partition coefficient (Wildman–Crippen LogP) is 2.63. The first kappa shape index (κ1) is 27.0. The highest BCUT2D eigenvalue weighted by Crippen LogP contribution is 2.32. The molecule has 0 radical (unpaired) electrons. The maximum absolute atomic E-state index is 12.9. The fraction of sp³-hybridized carbons (Fsp3) is 0.310. The lowest BCUT2D eigenvalue weighted by Crippen LogP contribution is -2.50. The second-order valence-electron chi connectivity index (χ2n) is 9.05. The van der Waals surface area contributed by atoms with Gasteiger partial charge in [-0.25, -0.2) is 4.79 Å². The summed E-state index contributed by atoms with van der Waals surface area (Å²) in [6, 6.07) is 18.2. The standard InChI is InChI=1S/C29H31N3O6/c1-2-38-29(37)23-18-30-15-14-22(23)20-12-10-19(11-13-20)17-31-27(35)25(33)26(34)28(36)32-16-6-9-24(32)21-7-4-3-5-8-21/h3-5,7-8,10-15,18,24-26,33-34H,2,6,9,16-17H2,1H3,(H,31,35)/t24-,25-,26-/m1/s1. The van der Waals surface area contributed by atoms with E-state index in [4.69, 9.17) is 4.74 Å². The number of aromatic nitrogens is 1. The molecule has 0 unspecified atom stereocenters. The molecule has 0 spiro atoms. The van der Waals surface area contributed by atoms with Crippen LogP contribution in [0.15, 0.2) is 73.1 Å². The molecule has 0 aliphatic carbocycles. The van der Waals surface area contributed by atoms with Crippen LogP contribution in [0.5, 0.6) is 0 Å². The monoisotopic (exact) mass is 517 g/mol. The number of rotatable bonds is 9. The van der Waals surface area contributed by atoms with Crippen LogP contribution in [0.4, 0.5) is 0 Å². The fourth-order valence-corrected chi connectivity index (χ4v) is 4.61. The van der Waals surface area contributed by atoms with Crippen molar-refractivity contribution in [3.63, 3.8) is 0 Å². The Morgan fingerprint density at radius 2 is 1.79 bits per heavy atom. The molecule has 3 aromatic rings. The first-order chi connectivity index (χ1) is 18.4. The molecule has 2 amide bonds. The molecule has 1 aliphatic heterocycles. The van der Waals surface area contributed by atoms with E-state index in [0.29, 0.717) is 17.7 Å². The average molecular weight is 518 g/mol. The number of aliphatic hydroxyl groups is 2. The first-order valence-corrected chi connectivity index (χ1v) is 12.6. The quantitative estimate of drug-likeness (QED) is 0.372. The van der Waals surface area contributed by atoms with Gasteiger partial charge in [0.1, 0.15) is 0 Å².